The zero-order valence-electron chi connectivity index (χ0n) is 15.2. The molecule has 0 saturated carbocycles. The number of benzene rings is 2. The fourth-order valence-electron chi connectivity index (χ4n) is 2.84. The maximum atomic E-state index is 12.2. The molecule has 0 unspecified atom stereocenters. The first-order valence-corrected chi connectivity index (χ1v) is 9.45. The zero-order chi connectivity index (χ0) is 18.5. The second-order valence-electron chi connectivity index (χ2n) is 6.13. The quantitative estimate of drug-likeness (QED) is 0.662. The van der Waals surface area contributed by atoms with E-state index < -0.39 is 0 Å². The lowest BCUT2D eigenvalue weighted by molar-refractivity contribution is -0.118. The monoisotopic (exact) mass is 366 g/mol. The van der Waals surface area contributed by atoms with Crippen molar-refractivity contribution in [2.45, 2.75) is 25.4 Å². The van der Waals surface area contributed by atoms with Gasteiger partial charge in [-0.15, -0.1) is 0 Å². The summed E-state index contributed by atoms with van der Waals surface area (Å²) in [6, 6.07) is 15.9. The number of hydrogen-bond acceptors (Lipinski definition) is 4. The van der Waals surface area contributed by atoms with E-state index in [0.29, 0.717) is 12.3 Å². The Morgan fingerprint density at radius 1 is 1.12 bits per heavy atom. The molecule has 4 nitrogen and oxygen atoms in total. The Kier molecular flexibility index (Phi) is 5.78. The van der Waals surface area contributed by atoms with Gasteiger partial charge >= 0.3 is 0 Å². The summed E-state index contributed by atoms with van der Waals surface area (Å²) in [6.45, 7) is 4.59. The summed E-state index contributed by atoms with van der Waals surface area (Å²) in [6.07, 6.45) is 0. The molecule has 0 bridgehead atoms. The van der Waals surface area contributed by atoms with Crippen LogP contribution in [0.4, 0.5) is 0 Å². The number of carbonyl (C=O) groups excluding carboxylic acids is 1. The Labute approximate surface area is 158 Å². The normalized spacial score (nSPS) is 10.7. The first-order valence-electron chi connectivity index (χ1n) is 8.47. The van der Waals surface area contributed by atoms with Crippen molar-refractivity contribution in [3.63, 3.8) is 0 Å². The van der Waals surface area contributed by atoms with Gasteiger partial charge in [0, 0.05) is 17.5 Å². The Morgan fingerprint density at radius 3 is 2.73 bits per heavy atom. The van der Waals surface area contributed by atoms with Crippen molar-refractivity contribution >= 4 is 28.6 Å². The van der Waals surface area contributed by atoms with Crippen molar-refractivity contribution in [3.8, 4) is 5.75 Å². The van der Waals surface area contributed by atoms with E-state index in [0.717, 1.165) is 32.8 Å². The van der Waals surface area contributed by atoms with Crippen LogP contribution in [0.1, 0.15) is 16.7 Å². The van der Waals surface area contributed by atoms with E-state index in [4.69, 9.17) is 9.72 Å². The SMILES string of the molecule is COc1ccccc1CNC(=O)CSc1cc(C)c2cccc(C)c2n1. The predicted octanol–water partition coefficient (Wildman–Crippen LogP) is 4.27. The lowest BCUT2D eigenvalue weighted by atomic mass is 10.1. The lowest BCUT2D eigenvalue weighted by Gasteiger charge is -2.10. The molecule has 0 atom stereocenters. The van der Waals surface area contributed by atoms with Gasteiger partial charge in [-0.05, 0) is 37.1 Å². The molecule has 1 heterocycles. The minimum Gasteiger partial charge on any atom is -0.496 e. The topological polar surface area (TPSA) is 51.2 Å². The molecule has 1 aromatic heterocycles. The van der Waals surface area contributed by atoms with Gasteiger partial charge in [0.25, 0.3) is 0 Å². The van der Waals surface area contributed by atoms with Gasteiger partial charge in [-0.1, -0.05) is 48.2 Å². The number of ether oxygens (including phenoxy) is 1. The molecule has 134 valence electrons. The predicted molar refractivity (Wildman–Crippen MR) is 107 cm³/mol. The summed E-state index contributed by atoms with van der Waals surface area (Å²) in [5, 5.41) is 4.97. The Balaban J connectivity index is 1.63. The van der Waals surface area contributed by atoms with Crippen molar-refractivity contribution in [1.82, 2.24) is 10.3 Å². The van der Waals surface area contributed by atoms with Crippen molar-refractivity contribution in [3.05, 3.63) is 65.2 Å². The fourth-order valence-corrected chi connectivity index (χ4v) is 3.64. The van der Waals surface area contributed by atoms with Crippen LogP contribution in [0, 0.1) is 13.8 Å². The van der Waals surface area contributed by atoms with Crippen LogP contribution in [0.2, 0.25) is 0 Å². The molecule has 26 heavy (non-hydrogen) atoms. The van der Waals surface area contributed by atoms with Gasteiger partial charge < -0.3 is 10.1 Å². The first kappa shape index (κ1) is 18.3. The molecule has 0 spiro atoms. The summed E-state index contributed by atoms with van der Waals surface area (Å²) in [4.78, 5) is 16.9. The molecule has 3 aromatic rings. The average molecular weight is 366 g/mol. The number of fused-ring (bicyclic) bond motifs is 1. The highest BCUT2D eigenvalue weighted by atomic mass is 32.2. The third-order valence-electron chi connectivity index (χ3n) is 4.24. The maximum Gasteiger partial charge on any atom is 0.230 e. The standard InChI is InChI=1S/C21H22N2O2S/c1-14-7-6-9-17-15(2)11-20(23-21(14)17)26-13-19(24)22-12-16-8-4-5-10-18(16)25-3/h4-11H,12-13H2,1-3H3,(H,22,24). The second kappa shape index (κ2) is 8.23. The lowest BCUT2D eigenvalue weighted by Crippen LogP contribution is -2.24. The van der Waals surface area contributed by atoms with E-state index in [9.17, 15) is 4.79 Å². The summed E-state index contributed by atoms with van der Waals surface area (Å²) in [7, 11) is 1.63. The van der Waals surface area contributed by atoms with E-state index in [-0.39, 0.29) is 5.91 Å². The first-order chi connectivity index (χ1) is 12.6. The average Bonchev–Trinajstić information content (AvgIpc) is 2.65. The van der Waals surface area contributed by atoms with Gasteiger partial charge in [0.15, 0.2) is 0 Å². The highest BCUT2D eigenvalue weighted by molar-refractivity contribution is 7.99. The van der Waals surface area contributed by atoms with Gasteiger partial charge in [0.2, 0.25) is 5.91 Å². The molecule has 1 amide bonds. The number of carbonyl (C=O) groups is 1. The van der Waals surface area contributed by atoms with Crippen molar-refractivity contribution in [1.29, 1.82) is 0 Å². The van der Waals surface area contributed by atoms with Gasteiger partial charge in [-0.2, -0.15) is 0 Å². The van der Waals surface area contributed by atoms with Gasteiger partial charge in [0.05, 0.1) is 23.4 Å². The number of nitrogens with zero attached hydrogens (tertiary/aromatic N) is 1. The number of methoxy groups -OCH3 is 1. The van der Waals surface area contributed by atoms with Crippen LogP contribution in [0.25, 0.3) is 10.9 Å². The number of nitrogens with one attached hydrogen (secondary N) is 1. The molecule has 5 heteroatoms. The molecule has 2 aromatic carbocycles. The number of hydrogen-bond donors (Lipinski definition) is 1. The van der Waals surface area contributed by atoms with E-state index >= 15 is 0 Å². The summed E-state index contributed by atoms with van der Waals surface area (Å²) < 4.78 is 5.31. The van der Waals surface area contributed by atoms with Gasteiger partial charge in [-0.3, -0.25) is 4.79 Å². The summed E-state index contributed by atoms with van der Waals surface area (Å²) in [5.41, 5.74) is 4.29. The number of amides is 1. The molecule has 0 aliphatic rings. The molecule has 0 saturated heterocycles. The minimum atomic E-state index is -0.0229. The number of rotatable bonds is 6. The highest BCUT2D eigenvalue weighted by Gasteiger charge is 2.09. The molecular weight excluding hydrogens is 344 g/mol. The van der Waals surface area contributed by atoms with Crippen LogP contribution in [0.15, 0.2) is 53.6 Å². The largest absolute Gasteiger partial charge is 0.496 e. The number of pyridine rings is 1. The molecular formula is C21H22N2O2S. The molecule has 0 radical (unpaired) electrons. The van der Waals surface area contributed by atoms with Crippen molar-refractivity contribution < 1.29 is 9.53 Å². The summed E-state index contributed by atoms with van der Waals surface area (Å²) in [5.74, 6) is 1.09. The van der Waals surface area contributed by atoms with Crippen LogP contribution < -0.4 is 10.1 Å². The molecule has 0 aliphatic carbocycles. The van der Waals surface area contributed by atoms with Crippen molar-refractivity contribution in [2.75, 3.05) is 12.9 Å². The zero-order valence-corrected chi connectivity index (χ0v) is 16.0. The van der Waals surface area contributed by atoms with Crippen LogP contribution in [-0.2, 0) is 11.3 Å². The fraction of sp³-hybridized carbons (Fsp3) is 0.238. The van der Waals surface area contributed by atoms with E-state index in [1.807, 2.05) is 36.4 Å². The Bertz CT molecular complexity index is 940. The van der Waals surface area contributed by atoms with Gasteiger partial charge in [0.1, 0.15) is 5.75 Å². The minimum absolute atomic E-state index is 0.0229. The molecule has 0 aliphatic heterocycles. The molecule has 0 fully saturated rings. The van der Waals surface area contributed by atoms with E-state index in [1.165, 1.54) is 17.3 Å². The third kappa shape index (κ3) is 4.17. The summed E-state index contributed by atoms with van der Waals surface area (Å²) >= 11 is 1.46. The number of aromatic nitrogens is 1. The van der Waals surface area contributed by atoms with Crippen LogP contribution in [0.5, 0.6) is 5.75 Å². The van der Waals surface area contributed by atoms with Crippen molar-refractivity contribution in [2.24, 2.45) is 0 Å². The van der Waals surface area contributed by atoms with Crippen LogP contribution in [-0.4, -0.2) is 23.8 Å². The Morgan fingerprint density at radius 2 is 1.92 bits per heavy atom. The molecule has 3 rings (SSSR count). The number of thioether (sulfide) groups is 1. The Hall–Kier alpha value is -2.53. The molecule has 1 N–H and O–H groups in total. The third-order valence-corrected chi connectivity index (χ3v) is 5.16. The number of para-hydroxylation sites is 2. The van der Waals surface area contributed by atoms with E-state index in [1.54, 1.807) is 7.11 Å². The second-order valence-corrected chi connectivity index (χ2v) is 7.12. The van der Waals surface area contributed by atoms with E-state index in [2.05, 4.69) is 31.3 Å². The van der Waals surface area contributed by atoms with Crippen LogP contribution >= 0.6 is 11.8 Å². The van der Waals surface area contributed by atoms with Crippen LogP contribution in [0.3, 0.4) is 0 Å². The van der Waals surface area contributed by atoms with Gasteiger partial charge in [-0.25, -0.2) is 4.98 Å². The smallest absolute Gasteiger partial charge is 0.230 e. The highest BCUT2D eigenvalue weighted by Crippen LogP contribution is 2.25. The number of aryl methyl sites for hydroxylation is 2. The maximum absolute atomic E-state index is 12.2.